The predicted octanol–water partition coefficient (Wildman–Crippen LogP) is 2.55. The number of halogens is 3. The molecule has 0 unspecified atom stereocenters. The highest BCUT2D eigenvalue weighted by Crippen LogP contribution is 2.29. The van der Waals surface area contributed by atoms with Gasteiger partial charge in [-0.2, -0.15) is 5.10 Å². The van der Waals surface area contributed by atoms with Crippen LogP contribution < -0.4 is 16.1 Å². The number of benzene rings is 2. The van der Waals surface area contributed by atoms with Crippen LogP contribution in [-0.4, -0.2) is 43.8 Å². The summed E-state index contributed by atoms with van der Waals surface area (Å²) in [5.41, 5.74) is 3.78. The van der Waals surface area contributed by atoms with Crippen LogP contribution in [0.3, 0.4) is 0 Å². The van der Waals surface area contributed by atoms with Crippen LogP contribution in [0.2, 0.25) is 5.02 Å². The molecule has 1 fully saturated rings. The lowest BCUT2D eigenvalue weighted by Gasteiger charge is -2.25. The van der Waals surface area contributed by atoms with Crippen LogP contribution in [0.4, 0.5) is 8.78 Å². The van der Waals surface area contributed by atoms with Gasteiger partial charge in [-0.25, -0.2) is 14.2 Å². The third-order valence-electron chi connectivity index (χ3n) is 5.34. The number of amides is 2. The van der Waals surface area contributed by atoms with E-state index in [9.17, 15) is 18.4 Å². The Balaban J connectivity index is 1.48. The van der Waals surface area contributed by atoms with E-state index < -0.39 is 23.6 Å². The lowest BCUT2D eigenvalue weighted by Crippen LogP contribution is -2.36. The fraction of sp³-hybridized carbons (Fsp3) is 0.318. The summed E-state index contributed by atoms with van der Waals surface area (Å²) in [7, 11) is 0. The molecule has 168 valence electrons. The Morgan fingerprint density at radius 1 is 1.25 bits per heavy atom. The zero-order valence-corrected chi connectivity index (χ0v) is 17.7. The maximum absolute atomic E-state index is 14.1. The van der Waals surface area contributed by atoms with Gasteiger partial charge in [-0.15, -0.1) is 0 Å². The number of hydrogen-bond acceptors (Lipinski definition) is 5. The van der Waals surface area contributed by atoms with Crippen LogP contribution in [0.15, 0.2) is 41.5 Å². The molecule has 32 heavy (non-hydrogen) atoms. The summed E-state index contributed by atoms with van der Waals surface area (Å²) in [4.78, 5) is 24.1. The van der Waals surface area contributed by atoms with Crippen LogP contribution in [-0.2, 0) is 9.53 Å². The number of rotatable bonds is 5. The first-order valence-electron chi connectivity index (χ1n) is 10.1. The highest BCUT2D eigenvalue weighted by Gasteiger charge is 2.27. The van der Waals surface area contributed by atoms with Gasteiger partial charge in [-0.1, -0.05) is 17.7 Å². The van der Waals surface area contributed by atoms with Gasteiger partial charge < -0.3 is 15.4 Å². The Hall–Kier alpha value is -2.88. The van der Waals surface area contributed by atoms with Gasteiger partial charge in [0.25, 0.3) is 5.91 Å². The molecule has 2 amide bonds. The quantitative estimate of drug-likeness (QED) is 0.637. The standard InChI is InChI=1S/C22H21ClF2N4O3/c23-17-2-1-12(8-18(17)25)21-15(10-26-3-4-32-21)11-27-22(31)14-5-13(6-16(24)7-14)19-9-20(30)29-28-19/h1-2,5-8,15,21,26H,3-4,9-11H2,(H,27,31)(H,29,30)/t15-,21-/m0/s1. The number of hydrogen-bond donors (Lipinski definition) is 3. The van der Waals surface area contributed by atoms with Crippen molar-refractivity contribution in [3.8, 4) is 0 Å². The lowest BCUT2D eigenvalue weighted by atomic mass is 9.95. The van der Waals surface area contributed by atoms with Crippen molar-refractivity contribution in [2.45, 2.75) is 12.5 Å². The average molecular weight is 463 g/mol. The SMILES string of the molecule is O=C1CC(c2cc(F)cc(C(=O)NC[C@@H]3CNCCO[C@H]3c3ccc(Cl)c(F)c3)c2)=NN1. The minimum absolute atomic E-state index is 0.0227. The van der Waals surface area contributed by atoms with Gasteiger partial charge >= 0.3 is 0 Å². The Bertz CT molecular complexity index is 1080. The molecule has 0 saturated carbocycles. The minimum Gasteiger partial charge on any atom is -0.372 e. The van der Waals surface area contributed by atoms with E-state index in [1.807, 2.05) is 0 Å². The molecule has 0 aliphatic carbocycles. The molecule has 2 aromatic carbocycles. The van der Waals surface area contributed by atoms with E-state index in [4.69, 9.17) is 16.3 Å². The number of carbonyl (C=O) groups excluding carboxylic acids is 2. The molecular weight excluding hydrogens is 442 g/mol. The number of ether oxygens (including phenoxy) is 1. The zero-order valence-electron chi connectivity index (χ0n) is 17.0. The average Bonchev–Trinajstić information content (AvgIpc) is 3.07. The summed E-state index contributed by atoms with van der Waals surface area (Å²) in [5, 5.41) is 9.94. The van der Waals surface area contributed by atoms with Gasteiger partial charge in [-0.3, -0.25) is 9.59 Å². The molecule has 7 nitrogen and oxygen atoms in total. The van der Waals surface area contributed by atoms with Crippen LogP contribution >= 0.6 is 11.6 Å². The van der Waals surface area contributed by atoms with E-state index in [-0.39, 0.29) is 35.4 Å². The van der Waals surface area contributed by atoms with Crippen LogP contribution in [0.5, 0.6) is 0 Å². The Morgan fingerprint density at radius 3 is 2.84 bits per heavy atom. The molecule has 2 aromatic rings. The molecule has 1 saturated heterocycles. The summed E-state index contributed by atoms with van der Waals surface area (Å²) in [5.74, 6) is -2.11. The Labute approximate surface area is 188 Å². The van der Waals surface area contributed by atoms with Gasteiger partial charge in [0.15, 0.2) is 0 Å². The largest absolute Gasteiger partial charge is 0.372 e. The van der Waals surface area contributed by atoms with Crippen molar-refractivity contribution in [2.24, 2.45) is 11.0 Å². The lowest BCUT2D eigenvalue weighted by molar-refractivity contribution is -0.119. The van der Waals surface area contributed by atoms with Crippen LogP contribution in [0.25, 0.3) is 0 Å². The Kier molecular flexibility index (Phi) is 6.78. The minimum atomic E-state index is -0.608. The highest BCUT2D eigenvalue weighted by atomic mass is 35.5. The summed E-state index contributed by atoms with van der Waals surface area (Å²) in [6.45, 7) is 1.81. The van der Waals surface area contributed by atoms with E-state index in [0.717, 1.165) is 6.07 Å². The molecule has 0 radical (unpaired) electrons. The molecule has 2 atom stereocenters. The van der Waals surface area contributed by atoms with E-state index >= 15 is 0 Å². The predicted molar refractivity (Wildman–Crippen MR) is 114 cm³/mol. The first-order chi connectivity index (χ1) is 15.4. The van der Waals surface area contributed by atoms with Crippen molar-refractivity contribution in [3.63, 3.8) is 0 Å². The van der Waals surface area contributed by atoms with Gasteiger partial charge in [0.05, 0.1) is 29.9 Å². The Morgan fingerprint density at radius 2 is 2.09 bits per heavy atom. The maximum Gasteiger partial charge on any atom is 0.251 e. The smallest absolute Gasteiger partial charge is 0.251 e. The highest BCUT2D eigenvalue weighted by molar-refractivity contribution is 6.30. The molecule has 0 bridgehead atoms. The van der Waals surface area contributed by atoms with Crippen LogP contribution in [0.1, 0.15) is 34.0 Å². The third-order valence-corrected chi connectivity index (χ3v) is 5.65. The summed E-state index contributed by atoms with van der Waals surface area (Å²) in [6, 6.07) is 8.35. The van der Waals surface area contributed by atoms with E-state index in [1.165, 1.54) is 24.3 Å². The fourth-order valence-corrected chi connectivity index (χ4v) is 3.88. The second kappa shape index (κ2) is 9.72. The second-order valence-electron chi connectivity index (χ2n) is 7.64. The topological polar surface area (TPSA) is 91.8 Å². The molecular formula is C22H21ClF2N4O3. The van der Waals surface area contributed by atoms with Crippen molar-refractivity contribution in [1.82, 2.24) is 16.1 Å². The number of nitrogens with zero attached hydrogens (tertiary/aromatic N) is 1. The molecule has 10 heteroatoms. The van der Waals surface area contributed by atoms with Gasteiger partial charge in [-0.05, 0) is 35.9 Å². The number of nitrogens with one attached hydrogen (secondary N) is 3. The number of carbonyl (C=O) groups is 2. The fourth-order valence-electron chi connectivity index (χ4n) is 3.77. The van der Waals surface area contributed by atoms with Crippen molar-refractivity contribution < 1.29 is 23.1 Å². The molecule has 2 heterocycles. The normalized spacial score (nSPS) is 21.0. The maximum atomic E-state index is 14.1. The summed E-state index contributed by atoms with van der Waals surface area (Å²) in [6.07, 6.45) is -0.431. The zero-order chi connectivity index (χ0) is 22.7. The summed E-state index contributed by atoms with van der Waals surface area (Å²) >= 11 is 5.79. The monoisotopic (exact) mass is 462 g/mol. The molecule has 2 aliphatic rings. The van der Waals surface area contributed by atoms with E-state index in [2.05, 4.69) is 21.2 Å². The molecule has 0 aromatic heterocycles. The number of hydrazone groups is 1. The molecule has 0 spiro atoms. The second-order valence-corrected chi connectivity index (χ2v) is 8.05. The van der Waals surface area contributed by atoms with Crippen molar-refractivity contribution >= 4 is 29.1 Å². The first kappa shape index (κ1) is 22.3. The van der Waals surface area contributed by atoms with Crippen molar-refractivity contribution in [3.05, 3.63) is 69.7 Å². The van der Waals surface area contributed by atoms with Crippen LogP contribution in [0, 0.1) is 17.6 Å². The van der Waals surface area contributed by atoms with Crippen molar-refractivity contribution in [2.75, 3.05) is 26.2 Å². The van der Waals surface area contributed by atoms with Gasteiger partial charge in [0.1, 0.15) is 11.6 Å². The van der Waals surface area contributed by atoms with Crippen molar-refractivity contribution in [1.29, 1.82) is 0 Å². The molecule has 2 aliphatic heterocycles. The molecule has 3 N–H and O–H groups in total. The molecule has 4 rings (SSSR count). The third kappa shape index (κ3) is 5.12. The van der Waals surface area contributed by atoms with E-state index in [1.54, 1.807) is 6.07 Å². The van der Waals surface area contributed by atoms with E-state index in [0.29, 0.717) is 36.5 Å². The van der Waals surface area contributed by atoms with Gasteiger partial charge in [0, 0.05) is 36.7 Å². The summed E-state index contributed by atoms with van der Waals surface area (Å²) < 4.78 is 34.0. The first-order valence-corrected chi connectivity index (χ1v) is 10.5. The van der Waals surface area contributed by atoms with Gasteiger partial charge in [0.2, 0.25) is 5.91 Å².